The average Bonchev–Trinajstić information content (AvgIpc) is 2.93. The first-order valence-electron chi connectivity index (χ1n) is 6.00. The standard InChI is InChI=1S/C13H14BrN3O/c1-8-11-3-2-10(5-12(11)16-15-8)17-7-9(6-14)4-13(17)18/h2-3,5,9H,4,6-7H2,1H3,(H,15,16). The highest BCUT2D eigenvalue weighted by molar-refractivity contribution is 9.09. The Kier molecular flexibility index (Phi) is 2.86. The zero-order valence-corrected chi connectivity index (χ0v) is 11.7. The number of carbonyl (C=O) groups excluding carboxylic acids is 1. The number of hydrogen-bond donors (Lipinski definition) is 1. The number of aromatic amines is 1. The third-order valence-corrected chi connectivity index (χ3v) is 4.38. The Morgan fingerprint density at radius 2 is 2.39 bits per heavy atom. The van der Waals surface area contributed by atoms with Crippen LogP contribution in [0.4, 0.5) is 5.69 Å². The number of nitrogens with zero attached hydrogens (tertiary/aromatic N) is 2. The Labute approximate surface area is 113 Å². The first-order chi connectivity index (χ1) is 8.69. The van der Waals surface area contributed by atoms with Crippen molar-refractivity contribution >= 4 is 38.4 Å². The summed E-state index contributed by atoms with van der Waals surface area (Å²) in [6.45, 7) is 2.79. The lowest BCUT2D eigenvalue weighted by Crippen LogP contribution is -2.24. The van der Waals surface area contributed by atoms with E-state index in [0.29, 0.717) is 12.3 Å². The molecule has 2 aromatic rings. The van der Waals surface area contributed by atoms with Gasteiger partial charge in [0.2, 0.25) is 5.91 Å². The van der Waals surface area contributed by atoms with E-state index in [1.54, 1.807) is 0 Å². The Bertz CT molecular complexity index is 607. The summed E-state index contributed by atoms with van der Waals surface area (Å²) in [7, 11) is 0. The quantitative estimate of drug-likeness (QED) is 0.867. The predicted molar refractivity (Wildman–Crippen MR) is 75.1 cm³/mol. The molecule has 1 saturated heterocycles. The number of aromatic nitrogens is 2. The summed E-state index contributed by atoms with van der Waals surface area (Å²) < 4.78 is 0. The molecule has 1 unspecified atom stereocenters. The molecule has 5 heteroatoms. The molecule has 4 nitrogen and oxygen atoms in total. The number of benzene rings is 1. The second kappa shape index (κ2) is 4.39. The molecule has 1 amide bonds. The van der Waals surface area contributed by atoms with Gasteiger partial charge in [0.25, 0.3) is 0 Å². The number of nitrogens with one attached hydrogen (secondary N) is 1. The van der Waals surface area contributed by atoms with Gasteiger partial charge in [-0.3, -0.25) is 9.89 Å². The summed E-state index contributed by atoms with van der Waals surface area (Å²) in [4.78, 5) is 13.8. The molecule has 1 aliphatic heterocycles. The molecule has 3 rings (SSSR count). The third kappa shape index (κ3) is 1.82. The van der Waals surface area contributed by atoms with Crippen LogP contribution in [0.2, 0.25) is 0 Å². The number of fused-ring (bicyclic) bond motifs is 1. The Balaban J connectivity index is 1.97. The summed E-state index contributed by atoms with van der Waals surface area (Å²) in [5.41, 5.74) is 2.92. The fourth-order valence-corrected chi connectivity index (χ4v) is 2.87. The molecular formula is C13H14BrN3O. The highest BCUT2D eigenvalue weighted by Gasteiger charge is 2.29. The van der Waals surface area contributed by atoms with E-state index in [9.17, 15) is 4.79 Å². The van der Waals surface area contributed by atoms with E-state index in [0.717, 1.165) is 34.2 Å². The van der Waals surface area contributed by atoms with E-state index in [2.05, 4.69) is 26.1 Å². The maximum atomic E-state index is 12.0. The minimum atomic E-state index is 0.200. The summed E-state index contributed by atoms with van der Waals surface area (Å²) in [5.74, 6) is 0.611. The van der Waals surface area contributed by atoms with Crippen molar-refractivity contribution in [3.05, 3.63) is 23.9 Å². The minimum Gasteiger partial charge on any atom is -0.312 e. The summed E-state index contributed by atoms with van der Waals surface area (Å²) in [5, 5.41) is 9.19. The highest BCUT2D eigenvalue weighted by Crippen LogP contribution is 2.28. The van der Waals surface area contributed by atoms with Crippen molar-refractivity contribution in [2.24, 2.45) is 5.92 Å². The van der Waals surface area contributed by atoms with Gasteiger partial charge < -0.3 is 4.90 Å². The van der Waals surface area contributed by atoms with Gasteiger partial charge in [-0.1, -0.05) is 15.9 Å². The molecule has 0 bridgehead atoms. The number of rotatable bonds is 2. The lowest BCUT2D eigenvalue weighted by atomic mass is 10.1. The topological polar surface area (TPSA) is 49.0 Å². The third-order valence-electron chi connectivity index (χ3n) is 3.46. The SMILES string of the molecule is Cc1[nH]nc2cc(N3CC(CBr)CC3=O)ccc12. The fourth-order valence-electron chi connectivity index (χ4n) is 2.44. The number of carbonyl (C=O) groups is 1. The molecule has 0 spiro atoms. The maximum Gasteiger partial charge on any atom is 0.227 e. The van der Waals surface area contributed by atoms with Crippen LogP contribution in [-0.4, -0.2) is 28.0 Å². The van der Waals surface area contributed by atoms with Crippen molar-refractivity contribution in [3.8, 4) is 0 Å². The molecule has 1 fully saturated rings. The van der Waals surface area contributed by atoms with Gasteiger partial charge >= 0.3 is 0 Å². The summed E-state index contributed by atoms with van der Waals surface area (Å²) in [6.07, 6.45) is 0.628. The van der Waals surface area contributed by atoms with Crippen LogP contribution in [0, 0.1) is 12.8 Å². The average molecular weight is 308 g/mol. The molecule has 2 heterocycles. The molecule has 1 aromatic carbocycles. The van der Waals surface area contributed by atoms with Gasteiger partial charge in [0.15, 0.2) is 0 Å². The number of hydrogen-bond acceptors (Lipinski definition) is 2. The zero-order valence-electron chi connectivity index (χ0n) is 10.1. The van der Waals surface area contributed by atoms with Crippen LogP contribution in [0.15, 0.2) is 18.2 Å². The first-order valence-corrected chi connectivity index (χ1v) is 7.12. The highest BCUT2D eigenvalue weighted by atomic mass is 79.9. The number of halogens is 1. The molecule has 1 N–H and O–H groups in total. The largest absolute Gasteiger partial charge is 0.312 e. The van der Waals surface area contributed by atoms with Gasteiger partial charge in [0.05, 0.1) is 5.52 Å². The molecule has 0 radical (unpaired) electrons. The molecule has 1 aliphatic rings. The van der Waals surface area contributed by atoms with Crippen molar-refractivity contribution < 1.29 is 4.79 Å². The number of H-pyrrole nitrogens is 1. The predicted octanol–water partition coefficient (Wildman–Crippen LogP) is 2.62. The Morgan fingerprint density at radius 3 is 3.11 bits per heavy atom. The van der Waals surface area contributed by atoms with Crippen LogP contribution in [0.3, 0.4) is 0 Å². The fraction of sp³-hybridized carbons (Fsp3) is 0.385. The molecule has 1 atom stereocenters. The van der Waals surface area contributed by atoms with Crippen LogP contribution >= 0.6 is 15.9 Å². The smallest absolute Gasteiger partial charge is 0.227 e. The summed E-state index contributed by atoms with van der Waals surface area (Å²) >= 11 is 3.45. The molecule has 1 aromatic heterocycles. The van der Waals surface area contributed by atoms with Gasteiger partial charge in [0.1, 0.15) is 0 Å². The van der Waals surface area contributed by atoms with Crippen molar-refractivity contribution in [3.63, 3.8) is 0 Å². The van der Waals surface area contributed by atoms with E-state index in [1.165, 1.54) is 0 Å². The first kappa shape index (κ1) is 11.7. The van der Waals surface area contributed by atoms with E-state index >= 15 is 0 Å². The second-order valence-corrected chi connectivity index (χ2v) is 5.43. The number of anilines is 1. The molecule has 0 saturated carbocycles. The van der Waals surface area contributed by atoms with E-state index in [1.807, 2.05) is 30.0 Å². The van der Waals surface area contributed by atoms with Crippen LogP contribution < -0.4 is 4.90 Å². The normalized spacial score (nSPS) is 20.0. The van der Waals surface area contributed by atoms with E-state index in [-0.39, 0.29) is 5.91 Å². The number of aryl methyl sites for hydroxylation is 1. The van der Waals surface area contributed by atoms with Crippen LogP contribution in [0.1, 0.15) is 12.1 Å². The lowest BCUT2D eigenvalue weighted by Gasteiger charge is -2.16. The minimum absolute atomic E-state index is 0.200. The van der Waals surface area contributed by atoms with Crippen molar-refractivity contribution in [2.75, 3.05) is 16.8 Å². The zero-order chi connectivity index (χ0) is 12.7. The van der Waals surface area contributed by atoms with Gasteiger partial charge in [-0.2, -0.15) is 5.10 Å². The number of amides is 1. The Hall–Kier alpha value is -1.36. The van der Waals surface area contributed by atoms with Crippen LogP contribution in [-0.2, 0) is 4.79 Å². The monoisotopic (exact) mass is 307 g/mol. The summed E-state index contributed by atoms with van der Waals surface area (Å²) in [6, 6.07) is 6.00. The molecule has 94 valence electrons. The number of alkyl halides is 1. The Morgan fingerprint density at radius 1 is 1.56 bits per heavy atom. The van der Waals surface area contributed by atoms with Crippen LogP contribution in [0.25, 0.3) is 10.9 Å². The lowest BCUT2D eigenvalue weighted by molar-refractivity contribution is -0.117. The molecule has 0 aliphatic carbocycles. The van der Waals surface area contributed by atoms with E-state index in [4.69, 9.17) is 0 Å². The molecular weight excluding hydrogens is 294 g/mol. The second-order valence-electron chi connectivity index (χ2n) is 4.78. The van der Waals surface area contributed by atoms with E-state index < -0.39 is 0 Å². The van der Waals surface area contributed by atoms with Crippen molar-refractivity contribution in [1.29, 1.82) is 0 Å². The van der Waals surface area contributed by atoms with Crippen LogP contribution in [0.5, 0.6) is 0 Å². The van der Waals surface area contributed by atoms with Gasteiger partial charge in [-0.05, 0) is 31.0 Å². The van der Waals surface area contributed by atoms with Crippen molar-refractivity contribution in [1.82, 2.24) is 10.2 Å². The van der Waals surface area contributed by atoms with Gasteiger partial charge in [-0.25, -0.2) is 0 Å². The van der Waals surface area contributed by atoms with Gasteiger partial charge in [-0.15, -0.1) is 0 Å². The van der Waals surface area contributed by atoms with Crippen molar-refractivity contribution in [2.45, 2.75) is 13.3 Å². The maximum absolute atomic E-state index is 12.0. The van der Waals surface area contributed by atoms with Gasteiger partial charge in [0, 0.05) is 35.1 Å². The molecule has 18 heavy (non-hydrogen) atoms.